The summed E-state index contributed by atoms with van der Waals surface area (Å²) in [6.07, 6.45) is 1.47. The van der Waals surface area contributed by atoms with Gasteiger partial charge in [-0.3, -0.25) is 19.4 Å². The minimum atomic E-state index is -0.475. The molecule has 0 bridgehead atoms. The van der Waals surface area contributed by atoms with Crippen LogP contribution in [0.25, 0.3) is 6.08 Å². The molecule has 1 aromatic rings. The first-order valence-electron chi connectivity index (χ1n) is 7.59. The average molecular weight is 438 g/mol. The van der Waals surface area contributed by atoms with Gasteiger partial charge in [0, 0.05) is 14.1 Å². The van der Waals surface area contributed by atoms with E-state index in [4.69, 9.17) is 27.0 Å². The molecule has 26 heavy (non-hydrogen) atoms. The SMILES string of the molecule is CCOc1cc(C=C2C(=O)N(C)C(=S)N(C)C2=O)cc(Br)c1OCC#N. The van der Waals surface area contributed by atoms with Crippen molar-refractivity contribution in [3.8, 4) is 17.6 Å². The van der Waals surface area contributed by atoms with E-state index >= 15 is 0 Å². The fraction of sp³-hybridized carbons (Fsp3) is 0.294. The molecule has 0 saturated carbocycles. The molecule has 1 heterocycles. The number of nitriles is 1. The summed E-state index contributed by atoms with van der Waals surface area (Å²) in [4.78, 5) is 27.3. The Hall–Kier alpha value is -2.44. The first-order valence-corrected chi connectivity index (χ1v) is 8.79. The highest BCUT2D eigenvalue weighted by Gasteiger charge is 2.35. The maximum Gasteiger partial charge on any atom is 0.265 e. The van der Waals surface area contributed by atoms with E-state index in [1.165, 1.54) is 30.0 Å². The van der Waals surface area contributed by atoms with Gasteiger partial charge in [0.05, 0.1) is 11.1 Å². The molecule has 1 aliphatic rings. The van der Waals surface area contributed by atoms with Crippen LogP contribution in [0.15, 0.2) is 22.2 Å². The second kappa shape index (κ2) is 8.29. The first-order chi connectivity index (χ1) is 12.3. The Bertz CT molecular complexity index is 821. The van der Waals surface area contributed by atoms with E-state index in [9.17, 15) is 9.59 Å². The summed E-state index contributed by atoms with van der Waals surface area (Å²) in [7, 11) is 3.03. The Balaban J connectivity index is 2.49. The highest BCUT2D eigenvalue weighted by Crippen LogP contribution is 2.37. The molecule has 1 saturated heterocycles. The molecule has 1 fully saturated rings. The fourth-order valence-corrected chi connectivity index (χ4v) is 3.06. The van der Waals surface area contributed by atoms with Crippen LogP contribution in [0.5, 0.6) is 11.5 Å². The van der Waals surface area contributed by atoms with Gasteiger partial charge in [0.2, 0.25) is 0 Å². The zero-order valence-electron chi connectivity index (χ0n) is 14.4. The van der Waals surface area contributed by atoms with Crippen molar-refractivity contribution in [3.05, 3.63) is 27.7 Å². The van der Waals surface area contributed by atoms with Crippen LogP contribution in [0.2, 0.25) is 0 Å². The molecule has 0 radical (unpaired) electrons. The van der Waals surface area contributed by atoms with Crippen molar-refractivity contribution in [2.75, 3.05) is 27.3 Å². The van der Waals surface area contributed by atoms with E-state index in [0.29, 0.717) is 28.1 Å². The molecule has 0 aromatic heterocycles. The van der Waals surface area contributed by atoms with E-state index in [-0.39, 0.29) is 17.3 Å². The summed E-state index contributed by atoms with van der Waals surface area (Å²) in [5, 5.41) is 8.85. The van der Waals surface area contributed by atoms with Crippen LogP contribution in [0.4, 0.5) is 0 Å². The van der Waals surface area contributed by atoms with Gasteiger partial charge >= 0.3 is 0 Å². The summed E-state index contributed by atoms with van der Waals surface area (Å²) in [6.45, 7) is 2.06. The second-order valence-electron chi connectivity index (χ2n) is 5.28. The molecule has 1 aromatic carbocycles. The Morgan fingerprint density at radius 2 is 1.85 bits per heavy atom. The summed E-state index contributed by atoms with van der Waals surface area (Å²) in [5.74, 6) is -0.168. The van der Waals surface area contributed by atoms with E-state index in [0.717, 1.165) is 0 Å². The van der Waals surface area contributed by atoms with Crippen molar-refractivity contribution in [1.29, 1.82) is 5.26 Å². The number of carbonyl (C=O) groups is 2. The lowest BCUT2D eigenvalue weighted by Gasteiger charge is -2.31. The minimum absolute atomic E-state index is 0.0105. The summed E-state index contributed by atoms with van der Waals surface area (Å²) in [5.41, 5.74) is 0.555. The van der Waals surface area contributed by atoms with E-state index < -0.39 is 11.8 Å². The topological polar surface area (TPSA) is 82.9 Å². The van der Waals surface area contributed by atoms with Crippen molar-refractivity contribution < 1.29 is 19.1 Å². The van der Waals surface area contributed by atoms with Gasteiger partial charge in [-0.1, -0.05) is 0 Å². The number of hydrogen-bond donors (Lipinski definition) is 0. The Labute approximate surface area is 164 Å². The number of hydrogen-bond acceptors (Lipinski definition) is 6. The van der Waals surface area contributed by atoms with Crippen LogP contribution in [0.3, 0.4) is 0 Å². The van der Waals surface area contributed by atoms with Crippen molar-refractivity contribution >= 4 is 51.2 Å². The molecule has 7 nitrogen and oxygen atoms in total. The quantitative estimate of drug-likeness (QED) is 0.399. The minimum Gasteiger partial charge on any atom is -0.490 e. The molecular formula is C17H16BrN3O4S. The van der Waals surface area contributed by atoms with E-state index in [1.807, 2.05) is 13.0 Å². The van der Waals surface area contributed by atoms with Gasteiger partial charge in [0.15, 0.2) is 23.2 Å². The molecule has 0 spiro atoms. The average Bonchev–Trinajstić information content (AvgIpc) is 2.61. The lowest BCUT2D eigenvalue weighted by Crippen LogP contribution is -2.52. The zero-order valence-corrected chi connectivity index (χ0v) is 16.8. The zero-order chi connectivity index (χ0) is 19.4. The van der Waals surface area contributed by atoms with Crippen molar-refractivity contribution in [3.63, 3.8) is 0 Å². The molecule has 9 heteroatoms. The summed E-state index contributed by atoms with van der Waals surface area (Å²) in [6, 6.07) is 5.21. The van der Waals surface area contributed by atoms with Crippen LogP contribution in [-0.4, -0.2) is 54.0 Å². The van der Waals surface area contributed by atoms with Crippen LogP contribution >= 0.6 is 28.1 Å². The smallest absolute Gasteiger partial charge is 0.265 e. The number of ether oxygens (including phenoxy) is 2. The van der Waals surface area contributed by atoms with Gasteiger partial charge in [-0.2, -0.15) is 5.26 Å². The molecule has 0 unspecified atom stereocenters. The van der Waals surface area contributed by atoms with Crippen LogP contribution in [-0.2, 0) is 9.59 Å². The maximum atomic E-state index is 12.4. The summed E-state index contributed by atoms with van der Waals surface area (Å²) >= 11 is 8.44. The first kappa shape index (κ1) is 19.9. The van der Waals surface area contributed by atoms with Gasteiger partial charge in [0.25, 0.3) is 11.8 Å². The molecule has 136 valence electrons. The van der Waals surface area contributed by atoms with Crippen molar-refractivity contribution in [1.82, 2.24) is 9.80 Å². The number of likely N-dealkylation sites (N-methyl/N-ethyl adjacent to an activating group) is 2. The largest absolute Gasteiger partial charge is 0.490 e. The van der Waals surface area contributed by atoms with Gasteiger partial charge in [-0.05, 0) is 58.8 Å². The van der Waals surface area contributed by atoms with Crippen LogP contribution in [0.1, 0.15) is 12.5 Å². The van der Waals surface area contributed by atoms with Gasteiger partial charge in [-0.15, -0.1) is 0 Å². The second-order valence-corrected chi connectivity index (χ2v) is 6.50. The number of amides is 2. The fourth-order valence-electron chi connectivity index (χ4n) is 2.32. The Morgan fingerprint density at radius 3 is 2.38 bits per heavy atom. The molecular weight excluding hydrogens is 422 g/mol. The number of carbonyl (C=O) groups excluding carboxylic acids is 2. The third kappa shape index (κ3) is 3.86. The standard InChI is InChI=1S/C17H16BrN3O4S/c1-4-24-13-9-10(8-12(18)14(13)25-6-5-19)7-11-15(22)20(2)17(26)21(3)16(11)23/h7-9H,4,6H2,1-3H3. The molecule has 0 atom stereocenters. The van der Waals surface area contributed by atoms with Crippen molar-refractivity contribution in [2.45, 2.75) is 6.92 Å². The van der Waals surface area contributed by atoms with Crippen LogP contribution < -0.4 is 9.47 Å². The van der Waals surface area contributed by atoms with E-state index in [1.54, 1.807) is 12.1 Å². The predicted molar refractivity (Wildman–Crippen MR) is 103 cm³/mol. The number of halogens is 1. The molecule has 2 rings (SSSR count). The number of thiocarbonyl (C=S) groups is 1. The number of benzene rings is 1. The predicted octanol–water partition coefficient (Wildman–Crippen LogP) is 2.35. The maximum absolute atomic E-state index is 12.4. The highest BCUT2D eigenvalue weighted by atomic mass is 79.9. The van der Waals surface area contributed by atoms with Gasteiger partial charge in [0.1, 0.15) is 11.6 Å². The monoisotopic (exact) mass is 437 g/mol. The molecule has 0 aliphatic carbocycles. The third-order valence-electron chi connectivity index (χ3n) is 3.57. The van der Waals surface area contributed by atoms with Gasteiger partial charge in [-0.25, -0.2) is 0 Å². The molecule has 1 aliphatic heterocycles. The Morgan fingerprint density at radius 1 is 1.23 bits per heavy atom. The Kier molecular flexibility index (Phi) is 6.34. The van der Waals surface area contributed by atoms with E-state index in [2.05, 4.69) is 15.9 Å². The number of rotatable bonds is 5. The summed E-state index contributed by atoms with van der Waals surface area (Å²) < 4.78 is 11.5. The normalized spacial score (nSPS) is 14.4. The van der Waals surface area contributed by atoms with Crippen molar-refractivity contribution in [2.24, 2.45) is 0 Å². The van der Waals surface area contributed by atoms with Crippen LogP contribution in [0, 0.1) is 11.3 Å². The number of nitrogens with zero attached hydrogens (tertiary/aromatic N) is 3. The molecule has 2 amide bonds. The molecule has 0 N–H and O–H groups in total. The van der Waals surface area contributed by atoms with Gasteiger partial charge < -0.3 is 9.47 Å². The third-order valence-corrected chi connectivity index (χ3v) is 4.70. The highest BCUT2D eigenvalue weighted by molar-refractivity contribution is 9.10. The lowest BCUT2D eigenvalue weighted by atomic mass is 10.1. The lowest BCUT2D eigenvalue weighted by molar-refractivity contribution is -0.132.